The molecular formula is C15H20N2. The van der Waals surface area contributed by atoms with Crippen LogP contribution in [0.4, 0.5) is 5.69 Å². The molecule has 0 aliphatic carbocycles. The van der Waals surface area contributed by atoms with Gasteiger partial charge in [0.25, 0.3) is 0 Å². The summed E-state index contributed by atoms with van der Waals surface area (Å²) in [4.78, 5) is 4.74. The van der Waals surface area contributed by atoms with Gasteiger partial charge in [-0.3, -0.25) is 0 Å². The van der Waals surface area contributed by atoms with Gasteiger partial charge in [0.2, 0.25) is 0 Å². The van der Waals surface area contributed by atoms with Crippen LogP contribution in [-0.4, -0.2) is 18.1 Å². The lowest BCUT2D eigenvalue weighted by Gasteiger charge is -2.29. The maximum Gasteiger partial charge on any atom is 0.105 e. The van der Waals surface area contributed by atoms with Gasteiger partial charge < -0.3 is 9.80 Å². The van der Waals surface area contributed by atoms with Gasteiger partial charge in [0.15, 0.2) is 0 Å². The van der Waals surface area contributed by atoms with Crippen molar-refractivity contribution in [3.8, 4) is 0 Å². The van der Waals surface area contributed by atoms with Gasteiger partial charge in [0.05, 0.1) is 0 Å². The molecule has 1 unspecified atom stereocenters. The van der Waals surface area contributed by atoms with E-state index in [2.05, 4.69) is 67.4 Å². The van der Waals surface area contributed by atoms with E-state index >= 15 is 0 Å². The first-order chi connectivity index (χ1) is 8.09. The molecule has 3 rings (SSSR count). The second-order valence-electron chi connectivity index (χ2n) is 5.79. The van der Waals surface area contributed by atoms with Crippen LogP contribution in [-0.2, 0) is 5.41 Å². The molecule has 2 nitrogen and oxygen atoms in total. The quantitative estimate of drug-likeness (QED) is 0.672. The highest BCUT2D eigenvalue weighted by atomic mass is 15.4. The molecule has 0 spiro atoms. The van der Waals surface area contributed by atoms with Crippen molar-refractivity contribution >= 4 is 5.69 Å². The molecule has 2 heterocycles. The molecule has 1 atom stereocenters. The Morgan fingerprint density at radius 3 is 2.76 bits per heavy atom. The molecule has 0 amide bonds. The standard InChI is InChI=1S/C15H20N2/c1-15(2)9-8-14-16(3)10-11-17(14)13-7-5-4-6-12(13)15/h4-7,10-11,14H,8-9H2,1-3H3. The summed E-state index contributed by atoms with van der Waals surface area (Å²) in [5.74, 6) is 0. The van der Waals surface area contributed by atoms with Gasteiger partial charge in [-0.25, -0.2) is 0 Å². The van der Waals surface area contributed by atoms with Crippen LogP contribution in [0.15, 0.2) is 36.7 Å². The van der Waals surface area contributed by atoms with Crippen LogP contribution in [0.3, 0.4) is 0 Å². The van der Waals surface area contributed by atoms with Gasteiger partial charge >= 0.3 is 0 Å². The SMILES string of the molecule is CN1C=CN2c3ccccc3C(C)(C)CCC12. The minimum Gasteiger partial charge on any atom is -0.359 e. The molecule has 0 saturated heterocycles. The summed E-state index contributed by atoms with van der Waals surface area (Å²) < 4.78 is 0. The van der Waals surface area contributed by atoms with Crippen molar-refractivity contribution in [3.05, 3.63) is 42.2 Å². The second-order valence-corrected chi connectivity index (χ2v) is 5.79. The number of anilines is 1. The highest BCUT2D eigenvalue weighted by Crippen LogP contribution is 2.42. The van der Waals surface area contributed by atoms with Crippen LogP contribution in [0.1, 0.15) is 32.3 Å². The molecule has 1 aromatic rings. The summed E-state index contributed by atoms with van der Waals surface area (Å²) in [6.07, 6.45) is 7.34. The minimum atomic E-state index is 0.273. The lowest BCUT2D eigenvalue weighted by atomic mass is 9.80. The van der Waals surface area contributed by atoms with E-state index in [0.29, 0.717) is 6.17 Å². The summed E-state index contributed by atoms with van der Waals surface area (Å²) in [5, 5.41) is 0. The van der Waals surface area contributed by atoms with Gasteiger partial charge in [-0.05, 0) is 29.9 Å². The zero-order valence-corrected chi connectivity index (χ0v) is 10.9. The third kappa shape index (κ3) is 1.54. The number of fused-ring (bicyclic) bond motifs is 3. The number of hydrogen-bond acceptors (Lipinski definition) is 2. The van der Waals surface area contributed by atoms with Crippen LogP contribution >= 0.6 is 0 Å². The van der Waals surface area contributed by atoms with E-state index in [-0.39, 0.29) is 5.41 Å². The second kappa shape index (κ2) is 3.52. The highest BCUT2D eigenvalue weighted by molar-refractivity contribution is 5.61. The zero-order valence-electron chi connectivity index (χ0n) is 10.9. The molecule has 2 heteroatoms. The molecule has 1 aromatic carbocycles. The first-order valence-electron chi connectivity index (χ1n) is 6.38. The first-order valence-corrected chi connectivity index (χ1v) is 6.38. The number of rotatable bonds is 0. The Labute approximate surface area is 104 Å². The van der Waals surface area contributed by atoms with Crippen LogP contribution in [0.25, 0.3) is 0 Å². The summed E-state index contributed by atoms with van der Waals surface area (Å²) >= 11 is 0. The number of para-hydroxylation sites is 1. The van der Waals surface area contributed by atoms with Crippen molar-refractivity contribution in [1.82, 2.24) is 4.90 Å². The topological polar surface area (TPSA) is 6.48 Å². The van der Waals surface area contributed by atoms with Crippen molar-refractivity contribution < 1.29 is 0 Å². The van der Waals surface area contributed by atoms with Gasteiger partial charge in [0.1, 0.15) is 6.17 Å². The Kier molecular flexibility index (Phi) is 2.22. The maximum absolute atomic E-state index is 2.42. The third-order valence-corrected chi connectivity index (χ3v) is 4.19. The van der Waals surface area contributed by atoms with Crippen LogP contribution in [0.5, 0.6) is 0 Å². The van der Waals surface area contributed by atoms with E-state index in [9.17, 15) is 0 Å². The van der Waals surface area contributed by atoms with Crippen molar-refractivity contribution in [2.75, 3.05) is 11.9 Å². The number of hydrogen-bond donors (Lipinski definition) is 0. The molecule has 2 aliphatic heterocycles. The van der Waals surface area contributed by atoms with E-state index < -0.39 is 0 Å². The fraction of sp³-hybridized carbons (Fsp3) is 0.467. The molecule has 0 fully saturated rings. The molecule has 17 heavy (non-hydrogen) atoms. The molecule has 0 radical (unpaired) electrons. The van der Waals surface area contributed by atoms with E-state index in [0.717, 1.165) is 0 Å². The van der Waals surface area contributed by atoms with Gasteiger partial charge in [-0.15, -0.1) is 0 Å². The van der Waals surface area contributed by atoms with Crippen LogP contribution < -0.4 is 4.90 Å². The van der Waals surface area contributed by atoms with Crippen molar-refractivity contribution in [1.29, 1.82) is 0 Å². The van der Waals surface area contributed by atoms with Gasteiger partial charge in [-0.2, -0.15) is 0 Å². The van der Waals surface area contributed by atoms with E-state index in [1.54, 1.807) is 0 Å². The van der Waals surface area contributed by atoms with Crippen molar-refractivity contribution in [3.63, 3.8) is 0 Å². The lowest BCUT2D eigenvalue weighted by molar-refractivity contribution is 0.316. The summed E-state index contributed by atoms with van der Waals surface area (Å²) in [7, 11) is 2.17. The largest absolute Gasteiger partial charge is 0.359 e. The molecule has 0 N–H and O–H groups in total. The van der Waals surface area contributed by atoms with E-state index in [1.165, 1.54) is 24.1 Å². The third-order valence-electron chi connectivity index (χ3n) is 4.19. The molecule has 2 aliphatic rings. The first kappa shape index (κ1) is 10.7. The Morgan fingerprint density at radius 1 is 1.18 bits per heavy atom. The average Bonchev–Trinajstić information content (AvgIpc) is 2.63. The van der Waals surface area contributed by atoms with Crippen molar-refractivity contribution in [2.24, 2.45) is 0 Å². The Hall–Kier alpha value is -1.44. The summed E-state index contributed by atoms with van der Waals surface area (Å²) in [6, 6.07) is 8.83. The predicted octanol–water partition coefficient (Wildman–Crippen LogP) is 3.31. The Morgan fingerprint density at radius 2 is 1.94 bits per heavy atom. The Bertz CT molecular complexity index is 462. The van der Waals surface area contributed by atoms with Crippen molar-refractivity contribution in [2.45, 2.75) is 38.3 Å². The fourth-order valence-electron chi connectivity index (χ4n) is 3.05. The van der Waals surface area contributed by atoms with E-state index in [4.69, 9.17) is 0 Å². The normalized spacial score (nSPS) is 25.5. The van der Waals surface area contributed by atoms with Crippen LogP contribution in [0, 0.1) is 0 Å². The van der Waals surface area contributed by atoms with Gasteiger partial charge in [0, 0.05) is 25.1 Å². The van der Waals surface area contributed by atoms with E-state index in [1.807, 2.05) is 0 Å². The zero-order chi connectivity index (χ0) is 12.0. The average molecular weight is 228 g/mol. The van der Waals surface area contributed by atoms with Crippen LogP contribution in [0.2, 0.25) is 0 Å². The smallest absolute Gasteiger partial charge is 0.105 e. The predicted molar refractivity (Wildman–Crippen MR) is 71.9 cm³/mol. The Balaban J connectivity index is 2.14. The molecular weight excluding hydrogens is 208 g/mol. The maximum atomic E-state index is 2.42. The lowest BCUT2D eigenvalue weighted by Crippen LogP contribution is -2.35. The highest BCUT2D eigenvalue weighted by Gasteiger charge is 2.35. The number of benzene rings is 1. The molecule has 90 valence electrons. The monoisotopic (exact) mass is 228 g/mol. The summed E-state index contributed by atoms with van der Waals surface area (Å²) in [6.45, 7) is 4.72. The van der Waals surface area contributed by atoms with Gasteiger partial charge in [-0.1, -0.05) is 32.0 Å². The molecule has 0 bridgehead atoms. The fourth-order valence-corrected chi connectivity index (χ4v) is 3.05. The number of nitrogens with zero attached hydrogens (tertiary/aromatic N) is 2. The minimum absolute atomic E-state index is 0.273. The molecule has 0 saturated carbocycles. The summed E-state index contributed by atoms with van der Waals surface area (Å²) in [5.41, 5.74) is 3.12. The molecule has 0 aromatic heterocycles.